The summed E-state index contributed by atoms with van der Waals surface area (Å²) < 4.78 is 0. The van der Waals surface area contributed by atoms with Crippen molar-refractivity contribution in [2.24, 2.45) is 23.5 Å². The first-order valence-electron chi connectivity index (χ1n) is 5.52. The summed E-state index contributed by atoms with van der Waals surface area (Å²) >= 11 is 0. The molecule has 0 aromatic rings. The Morgan fingerprint density at radius 3 is 2.08 bits per heavy atom. The molecule has 0 aliphatic heterocycles. The van der Waals surface area contributed by atoms with Gasteiger partial charge in [-0.1, -0.05) is 0 Å². The predicted molar refractivity (Wildman–Crippen MR) is 57.0 cm³/mol. The van der Waals surface area contributed by atoms with Gasteiger partial charge in [-0.2, -0.15) is 0 Å². The molecule has 0 aromatic carbocycles. The molecule has 2 atom stereocenters. The lowest BCUT2D eigenvalue weighted by molar-refractivity contribution is 0.117. The Morgan fingerprint density at radius 1 is 0.923 bits per heavy atom. The molecule has 0 radical (unpaired) electrons. The van der Waals surface area contributed by atoms with Crippen LogP contribution in [0.1, 0.15) is 44.9 Å². The Morgan fingerprint density at radius 2 is 1.46 bits per heavy atom. The second kappa shape index (κ2) is 3.13. The molecule has 13 heavy (non-hydrogen) atoms. The minimum Gasteiger partial charge on any atom is -0.325 e. The first kappa shape index (κ1) is 9.79. The molecule has 2 N–H and O–H groups in total. The first-order valence-corrected chi connectivity index (χ1v) is 5.52. The molecular formula is C11H20ClN. The van der Waals surface area contributed by atoms with Gasteiger partial charge in [-0.3, -0.25) is 0 Å². The van der Waals surface area contributed by atoms with Gasteiger partial charge >= 0.3 is 0 Å². The van der Waals surface area contributed by atoms with Gasteiger partial charge in [-0.15, -0.1) is 12.4 Å². The number of fused-ring (bicyclic) bond motifs is 1. The summed E-state index contributed by atoms with van der Waals surface area (Å²) in [5.74, 6) is 3.08. The van der Waals surface area contributed by atoms with E-state index in [-0.39, 0.29) is 17.9 Å². The highest BCUT2D eigenvalue weighted by atomic mass is 35.5. The summed E-state index contributed by atoms with van der Waals surface area (Å²) in [5, 5.41) is 0. The van der Waals surface area contributed by atoms with E-state index in [1.165, 1.54) is 44.9 Å². The number of halogens is 1. The van der Waals surface area contributed by atoms with E-state index in [2.05, 4.69) is 0 Å². The third-order valence-electron chi connectivity index (χ3n) is 4.44. The molecule has 0 amide bonds. The molecule has 4 rings (SSSR count). The van der Waals surface area contributed by atoms with Crippen molar-refractivity contribution in [1.29, 1.82) is 0 Å². The summed E-state index contributed by atoms with van der Waals surface area (Å²) in [6, 6.07) is 0. The highest BCUT2D eigenvalue weighted by molar-refractivity contribution is 5.85. The zero-order chi connectivity index (χ0) is 8.18. The van der Waals surface area contributed by atoms with E-state index >= 15 is 0 Å². The predicted octanol–water partition coefficient (Wildman–Crippen LogP) is 2.73. The van der Waals surface area contributed by atoms with Crippen LogP contribution in [0.2, 0.25) is 0 Å². The van der Waals surface area contributed by atoms with Gasteiger partial charge in [0.05, 0.1) is 0 Å². The first-order chi connectivity index (χ1) is 5.73. The Kier molecular flexibility index (Phi) is 2.36. The highest BCUT2D eigenvalue weighted by Gasteiger charge is 2.45. The second-order valence-corrected chi connectivity index (χ2v) is 5.61. The Balaban J connectivity index is 0.000000653. The van der Waals surface area contributed by atoms with Crippen LogP contribution in [0.4, 0.5) is 0 Å². The summed E-state index contributed by atoms with van der Waals surface area (Å²) in [5.41, 5.74) is 6.69. The minimum absolute atomic E-state index is 0. The Labute approximate surface area is 86.9 Å². The van der Waals surface area contributed by atoms with Crippen molar-refractivity contribution in [3.05, 3.63) is 0 Å². The van der Waals surface area contributed by atoms with E-state index in [0.29, 0.717) is 0 Å². The van der Waals surface area contributed by atoms with Crippen LogP contribution in [0.15, 0.2) is 0 Å². The van der Waals surface area contributed by atoms with Gasteiger partial charge < -0.3 is 5.73 Å². The Bertz CT molecular complexity index is 190. The van der Waals surface area contributed by atoms with Crippen LogP contribution in [-0.4, -0.2) is 5.54 Å². The molecule has 2 unspecified atom stereocenters. The van der Waals surface area contributed by atoms with Crippen molar-refractivity contribution in [1.82, 2.24) is 0 Å². The second-order valence-electron chi connectivity index (χ2n) is 5.61. The van der Waals surface area contributed by atoms with Gasteiger partial charge in [0.1, 0.15) is 0 Å². The molecule has 4 aliphatic rings. The van der Waals surface area contributed by atoms with Crippen LogP contribution in [0.3, 0.4) is 0 Å². The van der Waals surface area contributed by atoms with E-state index in [1.54, 1.807) is 0 Å². The fourth-order valence-corrected chi connectivity index (χ4v) is 4.20. The molecule has 1 nitrogen and oxygen atoms in total. The van der Waals surface area contributed by atoms with Gasteiger partial charge in [0.15, 0.2) is 0 Å². The summed E-state index contributed by atoms with van der Waals surface area (Å²) in [6.45, 7) is 0. The van der Waals surface area contributed by atoms with Crippen LogP contribution >= 0.6 is 12.4 Å². The van der Waals surface area contributed by atoms with Crippen molar-refractivity contribution in [2.75, 3.05) is 0 Å². The number of rotatable bonds is 0. The van der Waals surface area contributed by atoms with Crippen molar-refractivity contribution < 1.29 is 0 Å². The lowest BCUT2D eigenvalue weighted by atomic mass is 9.65. The van der Waals surface area contributed by atoms with Crippen molar-refractivity contribution >= 4 is 12.4 Å². The highest BCUT2D eigenvalue weighted by Crippen LogP contribution is 2.51. The number of hydrogen-bond acceptors (Lipinski definition) is 1. The normalized spacial score (nSPS) is 52.8. The van der Waals surface area contributed by atoms with Gasteiger partial charge in [0, 0.05) is 5.54 Å². The van der Waals surface area contributed by atoms with Crippen molar-refractivity contribution in [2.45, 2.75) is 50.5 Å². The third kappa shape index (κ3) is 1.61. The molecule has 0 saturated heterocycles. The maximum Gasteiger partial charge on any atom is 0.0159 e. The molecule has 2 heteroatoms. The molecule has 4 aliphatic carbocycles. The SMILES string of the molecule is Cl.NC12CCC3CC(CC(C3)C1)C2. The fourth-order valence-electron chi connectivity index (χ4n) is 4.20. The minimum atomic E-state index is 0. The molecular weight excluding hydrogens is 182 g/mol. The maximum absolute atomic E-state index is 6.42. The van der Waals surface area contributed by atoms with E-state index in [4.69, 9.17) is 5.73 Å². The zero-order valence-corrected chi connectivity index (χ0v) is 8.98. The van der Waals surface area contributed by atoms with Gasteiger partial charge in [-0.05, 0) is 62.7 Å². The average molecular weight is 202 g/mol. The topological polar surface area (TPSA) is 26.0 Å². The van der Waals surface area contributed by atoms with Crippen LogP contribution in [-0.2, 0) is 0 Å². The van der Waals surface area contributed by atoms with Crippen LogP contribution in [0.5, 0.6) is 0 Å². The van der Waals surface area contributed by atoms with Crippen LogP contribution in [0, 0.1) is 17.8 Å². The van der Waals surface area contributed by atoms with Crippen LogP contribution < -0.4 is 5.73 Å². The van der Waals surface area contributed by atoms with E-state index in [0.717, 1.165) is 17.8 Å². The largest absolute Gasteiger partial charge is 0.325 e. The Hall–Kier alpha value is 0.250. The lowest BCUT2D eigenvalue weighted by Crippen LogP contribution is -2.46. The summed E-state index contributed by atoms with van der Waals surface area (Å²) in [7, 11) is 0. The number of hydrogen-bond donors (Lipinski definition) is 1. The quantitative estimate of drug-likeness (QED) is 0.641. The van der Waals surface area contributed by atoms with Crippen molar-refractivity contribution in [3.8, 4) is 0 Å². The zero-order valence-electron chi connectivity index (χ0n) is 8.17. The molecule has 0 aromatic heterocycles. The fraction of sp³-hybridized carbons (Fsp3) is 1.00. The number of nitrogens with two attached hydrogens (primary N) is 1. The summed E-state index contributed by atoms with van der Waals surface area (Å²) in [6.07, 6.45) is 9.98. The van der Waals surface area contributed by atoms with Gasteiger partial charge in [-0.25, -0.2) is 0 Å². The van der Waals surface area contributed by atoms with Gasteiger partial charge in [0.25, 0.3) is 0 Å². The molecule has 0 heterocycles. The van der Waals surface area contributed by atoms with E-state index in [9.17, 15) is 0 Å². The van der Waals surface area contributed by atoms with Crippen molar-refractivity contribution in [3.63, 3.8) is 0 Å². The third-order valence-corrected chi connectivity index (χ3v) is 4.44. The molecule has 4 bridgehead atoms. The monoisotopic (exact) mass is 201 g/mol. The standard InChI is InChI=1S/C11H19N.ClH/c12-11-2-1-8-3-9(6-11)5-10(4-8)7-11;/h8-10H,1-7,12H2;1H. The summed E-state index contributed by atoms with van der Waals surface area (Å²) in [4.78, 5) is 0. The lowest BCUT2D eigenvalue weighted by Gasteiger charge is -2.43. The maximum atomic E-state index is 6.42. The molecule has 4 saturated carbocycles. The average Bonchev–Trinajstić information content (AvgIpc) is 2.14. The molecule has 4 fully saturated rings. The smallest absolute Gasteiger partial charge is 0.0159 e. The molecule has 0 spiro atoms. The van der Waals surface area contributed by atoms with E-state index < -0.39 is 0 Å². The molecule has 76 valence electrons. The van der Waals surface area contributed by atoms with E-state index in [1.807, 2.05) is 0 Å². The van der Waals surface area contributed by atoms with Crippen LogP contribution in [0.25, 0.3) is 0 Å². The van der Waals surface area contributed by atoms with Gasteiger partial charge in [0.2, 0.25) is 0 Å².